The van der Waals surface area contributed by atoms with E-state index in [-0.39, 0.29) is 24.4 Å². The van der Waals surface area contributed by atoms with Gasteiger partial charge in [-0.15, -0.1) is 5.10 Å². The number of nitro groups is 1. The molecule has 11 heteroatoms. The normalized spacial score (nSPS) is 12.2. The Morgan fingerprint density at radius 3 is 2.56 bits per heavy atom. The van der Waals surface area contributed by atoms with E-state index in [2.05, 4.69) is 15.4 Å². The first kappa shape index (κ1) is 25.5. The summed E-state index contributed by atoms with van der Waals surface area (Å²) in [7, 11) is 0. The molecule has 0 saturated carbocycles. The van der Waals surface area contributed by atoms with Crippen LogP contribution >= 0.6 is 0 Å². The Balaban J connectivity index is 1.33. The fourth-order valence-electron chi connectivity index (χ4n) is 3.75. The predicted octanol–water partition coefficient (Wildman–Crippen LogP) is 5.26. The molecule has 0 aliphatic carbocycles. The van der Waals surface area contributed by atoms with Gasteiger partial charge in [-0.25, -0.2) is 4.68 Å². The van der Waals surface area contributed by atoms with E-state index in [0.29, 0.717) is 46.8 Å². The van der Waals surface area contributed by atoms with Crippen LogP contribution in [0.4, 0.5) is 11.4 Å². The largest absolute Gasteiger partial charge is 0.462 e. The van der Waals surface area contributed by atoms with Gasteiger partial charge in [0.05, 0.1) is 17.2 Å². The van der Waals surface area contributed by atoms with Crippen LogP contribution in [-0.2, 0) is 4.79 Å². The van der Waals surface area contributed by atoms with Gasteiger partial charge >= 0.3 is 6.01 Å². The van der Waals surface area contributed by atoms with E-state index in [0.717, 1.165) is 5.56 Å². The maximum absolute atomic E-state index is 12.4. The van der Waals surface area contributed by atoms with Crippen LogP contribution in [0, 0.1) is 16.0 Å². The van der Waals surface area contributed by atoms with E-state index in [1.807, 2.05) is 44.2 Å². The number of carbonyl (C=O) groups excluding carboxylic acids is 1. The Kier molecular flexibility index (Phi) is 7.21. The molecule has 4 aromatic rings. The molecule has 1 aliphatic rings. The van der Waals surface area contributed by atoms with Gasteiger partial charge in [-0.1, -0.05) is 13.8 Å². The van der Waals surface area contributed by atoms with Crippen molar-refractivity contribution in [3.05, 3.63) is 88.5 Å². The molecular weight excluding hydrogens is 502 g/mol. The summed E-state index contributed by atoms with van der Waals surface area (Å²) in [5, 5.41) is 18.1. The van der Waals surface area contributed by atoms with E-state index < -0.39 is 4.92 Å². The number of hydrogen-bond donors (Lipinski definition) is 1. The molecule has 39 heavy (non-hydrogen) atoms. The highest BCUT2D eigenvalue weighted by molar-refractivity contribution is 6.02. The number of nitrogens with zero attached hydrogens (tertiary/aromatic N) is 4. The number of non-ortho nitro benzene ring substituents is 1. The minimum Gasteiger partial charge on any atom is -0.462 e. The Hall–Kier alpha value is -5.19. The highest BCUT2D eigenvalue weighted by atomic mass is 16.7. The van der Waals surface area contributed by atoms with E-state index in [1.165, 1.54) is 18.2 Å². The molecule has 0 atom stereocenters. The smallest absolute Gasteiger partial charge is 0.336 e. The van der Waals surface area contributed by atoms with Crippen molar-refractivity contribution in [2.24, 2.45) is 5.92 Å². The van der Waals surface area contributed by atoms with Crippen LogP contribution in [0.2, 0.25) is 0 Å². The van der Waals surface area contributed by atoms with Crippen molar-refractivity contribution < 1.29 is 23.9 Å². The maximum Gasteiger partial charge on any atom is 0.336 e. The van der Waals surface area contributed by atoms with Crippen molar-refractivity contribution in [1.29, 1.82) is 0 Å². The summed E-state index contributed by atoms with van der Waals surface area (Å²) >= 11 is 0. The minimum atomic E-state index is -0.471. The summed E-state index contributed by atoms with van der Waals surface area (Å²) in [5.41, 5.74) is 2.74. The van der Waals surface area contributed by atoms with Crippen molar-refractivity contribution in [3.63, 3.8) is 0 Å². The van der Waals surface area contributed by atoms with Gasteiger partial charge in [0, 0.05) is 29.5 Å². The number of nitrogens with one attached hydrogen (secondary N) is 1. The number of hydrogen-bond acceptors (Lipinski definition) is 8. The first-order valence-corrected chi connectivity index (χ1v) is 12.2. The van der Waals surface area contributed by atoms with E-state index in [1.54, 1.807) is 35.0 Å². The third-order valence-corrected chi connectivity index (χ3v) is 5.67. The number of benzene rings is 3. The van der Waals surface area contributed by atoms with Crippen molar-refractivity contribution >= 4 is 23.4 Å². The average molecular weight is 528 g/mol. The number of amides is 1. The van der Waals surface area contributed by atoms with Crippen LogP contribution < -0.4 is 19.5 Å². The molecule has 0 unspecified atom stereocenters. The molecule has 5 rings (SSSR count). The standard InChI is InChI=1S/C28H25N5O6/c1-18(2)16-37-28-30-27(20-6-13-24-25(15-20)39-17-38-24)32(31-28)22-11-7-21(8-12-22)29-26(34)14-5-19-3-9-23(10-4-19)33(35)36/h3-15,18H,16-17H2,1-2H3,(H,29,34)/b14-5+. The van der Waals surface area contributed by atoms with Crippen LogP contribution in [-0.4, -0.2) is 39.0 Å². The monoisotopic (exact) mass is 527 g/mol. The number of rotatable bonds is 9. The van der Waals surface area contributed by atoms with Gasteiger partial charge in [0.1, 0.15) is 0 Å². The molecule has 1 aliphatic heterocycles. The first-order valence-electron chi connectivity index (χ1n) is 12.2. The number of ether oxygens (including phenoxy) is 3. The lowest BCUT2D eigenvalue weighted by Gasteiger charge is -2.08. The van der Waals surface area contributed by atoms with Gasteiger partial charge in [0.25, 0.3) is 5.69 Å². The Bertz CT molecular complexity index is 1530. The van der Waals surface area contributed by atoms with Gasteiger partial charge in [-0.3, -0.25) is 14.9 Å². The number of fused-ring (bicyclic) bond motifs is 1. The lowest BCUT2D eigenvalue weighted by molar-refractivity contribution is -0.384. The lowest BCUT2D eigenvalue weighted by Crippen LogP contribution is -2.08. The second-order valence-corrected chi connectivity index (χ2v) is 9.12. The van der Waals surface area contributed by atoms with Crippen LogP contribution in [0.3, 0.4) is 0 Å². The fourth-order valence-corrected chi connectivity index (χ4v) is 3.75. The Labute approximate surface area is 223 Å². The Morgan fingerprint density at radius 1 is 1.10 bits per heavy atom. The van der Waals surface area contributed by atoms with Gasteiger partial charge in [0.15, 0.2) is 17.3 Å². The molecule has 0 saturated heterocycles. The summed E-state index contributed by atoms with van der Waals surface area (Å²) in [6, 6.07) is 18.9. The van der Waals surface area contributed by atoms with Crippen molar-refractivity contribution in [1.82, 2.24) is 14.8 Å². The molecule has 0 spiro atoms. The Morgan fingerprint density at radius 2 is 1.85 bits per heavy atom. The molecule has 3 aromatic carbocycles. The van der Waals surface area contributed by atoms with Crippen molar-refractivity contribution in [2.45, 2.75) is 13.8 Å². The molecule has 1 aromatic heterocycles. The fraction of sp³-hybridized carbons (Fsp3) is 0.179. The lowest BCUT2D eigenvalue weighted by atomic mass is 10.2. The zero-order valence-corrected chi connectivity index (χ0v) is 21.2. The minimum absolute atomic E-state index is 0.00985. The summed E-state index contributed by atoms with van der Waals surface area (Å²) in [4.78, 5) is 27.3. The second kappa shape index (κ2) is 11.1. The maximum atomic E-state index is 12.4. The van der Waals surface area contributed by atoms with Gasteiger partial charge < -0.3 is 19.5 Å². The van der Waals surface area contributed by atoms with Crippen LogP contribution in [0.1, 0.15) is 19.4 Å². The van der Waals surface area contributed by atoms with Gasteiger partial charge in [0.2, 0.25) is 12.7 Å². The van der Waals surface area contributed by atoms with Gasteiger partial charge in [-0.2, -0.15) is 4.98 Å². The quantitative estimate of drug-likeness (QED) is 0.177. The SMILES string of the molecule is CC(C)COc1nc(-c2ccc3c(c2)OCO3)n(-c2ccc(NC(=O)/C=C/c3ccc([N+](=O)[O-])cc3)cc2)n1. The zero-order chi connectivity index (χ0) is 27.4. The molecule has 1 amide bonds. The van der Waals surface area contributed by atoms with E-state index in [9.17, 15) is 14.9 Å². The predicted molar refractivity (Wildman–Crippen MR) is 144 cm³/mol. The van der Waals surface area contributed by atoms with Crippen LogP contribution in [0.15, 0.2) is 72.8 Å². The van der Waals surface area contributed by atoms with Crippen molar-refractivity contribution in [2.75, 3.05) is 18.7 Å². The van der Waals surface area contributed by atoms with Crippen molar-refractivity contribution in [3.8, 4) is 34.6 Å². The van der Waals surface area contributed by atoms with Gasteiger partial charge in [-0.05, 0) is 72.2 Å². The third kappa shape index (κ3) is 6.04. The van der Waals surface area contributed by atoms with Crippen LogP contribution in [0.25, 0.3) is 23.2 Å². The average Bonchev–Trinajstić information content (AvgIpc) is 3.58. The molecule has 0 radical (unpaired) electrons. The molecule has 1 N–H and O–H groups in total. The molecular formula is C28H25N5O6. The number of aromatic nitrogens is 3. The highest BCUT2D eigenvalue weighted by Crippen LogP contribution is 2.36. The zero-order valence-electron chi connectivity index (χ0n) is 21.2. The summed E-state index contributed by atoms with van der Waals surface area (Å²) in [6.45, 7) is 4.74. The number of nitro benzene ring substituents is 1. The highest BCUT2D eigenvalue weighted by Gasteiger charge is 2.19. The molecule has 0 bridgehead atoms. The first-order chi connectivity index (χ1) is 18.9. The molecule has 2 heterocycles. The molecule has 198 valence electrons. The third-order valence-electron chi connectivity index (χ3n) is 5.67. The summed E-state index contributed by atoms with van der Waals surface area (Å²) in [6.07, 6.45) is 2.95. The number of carbonyl (C=O) groups is 1. The molecule has 0 fully saturated rings. The van der Waals surface area contributed by atoms with E-state index >= 15 is 0 Å². The summed E-state index contributed by atoms with van der Waals surface area (Å²) in [5.74, 6) is 1.83. The number of anilines is 1. The topological polar surface area (TPSA) is 131 Å². The second-order valence-electron chi connectivity index (χ2n) is 9.12. The molecule has 11 nitrogen and oxygen atoms in total. The van der Waals surface area contributed by atoms with Crippen LogP contribution in [0.5, 0.6) is 17.5 Å². The van der Waals surface area contributed by atoms with E-state index in [4.69, 9.17) is 14.2 Å². The summed E-state index contributed by atoms with van der Waals surface area (Å²) < 4.78 is 18.4.